The van der Waals surface area contributed by atoms with Crippen molar-refractivity contribution in [2.24, 2.45) is 0 Å². The van der Waals surface area contributed by atoms with Crippen molar-refractivity contribution in [2.75, 3.05) is 0 Å². The van der Waals surface area contributed by atoms with Gasteiger partial charge in [0.1, 0.15) is 18.2 Å². The minimum atomic E-state index is 0.411. The molecular weight excluding hydrogens is 309 g/mol. The number of nitrogens with zero attached hydrogens (tertiary/aromatic N) is 4. The molecule has 0 radical (unpaired) electrons. The summed E-state index contributed by atoms with van der Waals surface area (Å²) in [5.41, 5.74) is 1.46. The van der Waals surface area contributed by atoms with E-state index in [1.54, 1.807) is 6.33 Å². The average Bonchev–Trinajstić information content (AvgIpc) is 2.49. The highest BCUT2D eigenvalue weighted by Crippen LogP contribution is 2.28. The van der Waals surface area contributed by atoms with Crippen LogP contribution in [0.5, 0.6) is 0 Å². The van der Waals surface area contributed by atoms with Gasteiger partial charge < -0.3 is 0 Å². The Morgan fingerprint density at radius 2 is 2.25 bits per heavy atom. The molecule has 0 amide bonds. The summed E-state index contributed by atoms with van der Waals surface area (Å²) in [6.45, 7) is 0. The predicted octanol–water partition coefficient (Wildman–Crippen LogP) is 2.27. The number of imidazole rings is 1. The summed E-state index contributed by atoms with van der Waals surface area (Å²) in [5.74, 6) is 0. The van der Waals surface area contributed by atoms with Gasteiger partial charge in [0.15, 0.2) is 10.8 Å². The summed E-state index contributed by atoms with van der Waals surface area (Å²) in [5, 5.41) is 0.411. The summed E-state index contributed by atoms with van der Waals surface area (Å²) in [7, 11) is 0. The second-order valence-corrected chi connectivity index (χ2v) is 4.49. The second-order valence-electron chi connectivity index (χ2n) is 2.04. The molecule has 1 unspecified atom stereocenters. The van der Waals surface area contributed by atoms with E-state index in [1.807, 2.05) is 4.34 Å². The van der Waals surface area contributed by atoms with Crippen LogP contribution in [0, 0.1) is 0 Å². The molecule has 0 aliphatic carbocycles. The SMILES string of the molecule is Clc1ncnc2c1ncn2PI. The maximum Gasteiger partial charge on any atom is 0.168 e. The second kappa shape index (κ2) is 3.40. The Morgan fingerprint density at radius 1 is 1.42 bits per heavy atom. The minimum Gasteiger partial charge on any atom is -0.287 e. The van der Waals surface area contributed by atoms with Crippen LogP contribution in [-0.2, 0) is 0 Å². The largest absolute Gasteiger partial charge is 0.287 e. The Bertz CT molecular complexity index is 417. The van der Waals surface area contributed by atoms with Crippen LogP contribution < -0.4 is 0 Å². The molecule has 0 N–H and O–H groups in total. The zero-order chi connectivity index (χ0) is 8.55. The van der Waals surface area contributed by atoms with E-state index in [0.717, 1.165) is 5.65 Å². The van der Waals surface area contributed by atoms with Crippen LogP contribution in [0.25, 0.3) is 11.2 Å². The topological polar surface area (TPSA) is 43.6 Å². The summed E-state index contributed by atoms with van der Waals surface area (Å²) >= 11 is 8.06. The molecule has 1 atom stereocenters. The smallest absolute Gasteiger partial charge is 0.168 e. The van der Waals surface area contributed by atoms with Crippen molar-refractivity contribution < 1.29 is 0 Å². The summed E-state index contributed by atoms with van der Waals surface area (Å²) in [6.07, 6.45) is 3.74. The van der Waals surface area contributed by atoms with Gasteiger partial charge in [0.25, 0.3) is 0 Å². The van der Waals surface area contributed by atoms with Crippen LogP contribution >= 0.6 is 40.0 Å². The van der Waals surface area contributed by atoms with Gasteiger partial charge in [-0.15, -0.1) is 0 Å². The quantitative estimate of drug-likeness (QED) is 0.461. The summed E-state index contributed by atoms with van der Waals surface area (Å²) in [4.78, 5) is 12.0. The first-order valence-electron chi connectivity index (χ1n) is 3.03. The van der Waals surface area contributed by atoms with E-state index in [-0.39, 0.29) is 0 Å². The van der Waals surface area contributed by atoms with E-state index in [0.29, 0.717) is 17.0 Å². The van der Waals surface area contributed by atoms with E-state index in [2.05, 4.69) is 37.0 Å². The van der Waals surface area contributed by atoms with E-state index in [4.69, 9.17) is 11.6 Å². The number of hydrogen-bond donors (Lipinski definition) is 0. The fourth-order valence-electron chi connectivity index (χ4n) is 0.868. The molecule has 0 aromatic carbocycles. The first-order valence-corrected chi connectivity index (χ1v) is 7.47. The zero-order valence-electron chi connectivity index (χ0n) is 5.70. The van der Waals surface area contributed by atoms with Gasteiger partial charge in [-0.1, -0.05) is 11.6 Å². The molecule has 0 bridgehead atoms. The molecular formula is C5H3ClIN4P. The molecule has 0 fully saturated rings. The molecule has 2 heterocycles. The lowest BCUT2D eigenvalue weighted by molar-refractivity contribution is 1.18. The number of halogens is 2. The van der Waals surface area contributed by atoms with Gasteiger partial charge in [-0.2, -0.15) is 0 Å². The molecule has 62 valence electrons. The highest BCUT2D eigenvalue weighted by molar-refractivity contribution is 14.2. The van der Waals surface area contributed by atoms with Crippen LogP contribution in [0.3, 0.4) is 0 Å². The van der Waals surface area contributed by atoms with E-state index in [1.165, 1.54) is 6.33 Å². The molecule has 0 spiro atoms. The molecule has 4 nitrogen and oxygen atoms in total. The summed E-state index contributed by atoms with van der Waals surface area (Å²) < 4.78 is 1.93. The van der Waals surface area contributed by atoms with Crippen molar-refractivity contribution in [1.82, 2.24) is 19.3 Å². The Morgan fingerprint density at radius 3 is 3.00 bits per heavy atom. The van der Waals surface area contributed by atoms with E-state index in [9.17, 15) is 0 Å². The van der Waals surface area contributed by atoms with Crippen LogP contribution in [0.4, 0.5) is 0 Å². The summed E-state index contributed by atoms with van der Waals surface area (Å²) in [6, 6.07) is 0. The third-order valence-electron chi connectivity index (χ3n) is 1.38. The van der Waals surface area contributed by atoms with Gasteiger partial charge in [-0.05, 0) is 22.0 Å². The van der Waals surface area contributed by atoms with E-state index < -0.39 is 0 Å². The molecule has 2 rings (SSSR count). The molecule has 0 aliphatic rings. The lowest BCUT2D eigenvalue weighted by Crippen LogP contribution is -1.84. The van der Waals surface area contributed by atoms with Crippen LogP contribution in [-0.4, -0.2) is 19.3 Å². The fourth-order valence-corrected chi connectivity index (χ4v) is 2.45. The number of fused-ring (bicyclic) bond motifs is 1. The maximum absolute atomic E-state index is 5.80. The normalized spacial score (nSPS) is 11.8. The molecule has 7 heteroatoms. The van der Waals surface area contributed by atoms with E-state index >= 15 is 0 Å². The molecule has 0 saturated heterocycles. The highest BCUT2D eigenvalue weighted by atomic mass is 127. The van der Waals surface area contributed by atoms with Gasteiger partial charge in [-0.25, -0.2) is 15.0 Å². The first kappa shape index (κ1) is 8.59. The standard InChI is InChI=1S/C5H3ClIN4P/c6-4-3-5(9-1-8-4)11(12-7)2-10-3/h1-2,12H. The van der Waals surface area contributed by atoms with Crippen LogP contribution in [0.2, 0.25) is 5.15 Å². The average molecular weight is 312 g/mol. The van der Waals surface area contributed by atoms with Gasteiger partial charge in [0.05, 0.1) is 6.37 Å². The Kier molecular flexibility index (Phi) is 2.43. The maximum atomic E-state index is 5.80. The van der Waals surface area contributed by atoms with Crippen molar-refractivity contribution in [2.45, 2.75) is 0 Å². The zero-order valence-corrected chi connectivity index (χ0v) is 9.61. The molecule has 0 aliphatic heterocycles. The van der Waals surface area contributed by atoms with Gasteiger partial charge in [0.2, 0.25) is 0 Å². The molecule has 2 aromatic heterocycles. The van der Waals surface area contributed by atoms with Crippen molar-refractivity contribution in [1.29, 1.82) is 0 Å². The van der Waals surface area contributed by atoms with Crippen LogP contribution in [0.1, 0.15) is 0 Å². The number of rotatable bonds is 1. The molecule has 12 heavy (non-hydrogen) atoms. The number of hydrogen-bond acceptors (Lipinski definition) is 3. The highest BCUT2D eigenvalue weighted by Gasteiger charge is 2.06. The number of aromatic nitrogens is 4. The Labute approximate surface area is 88.1 Å². The lowest BCUT2D eigenvalue weighted by atomic mass is 10.6. The predicted molar refractivity (Wildman–Crippen MR) is 58.1 cm³/mol. The lowest BCUT2D eigenvalue weighted by Gasteiger charge is -1.94. The van der Waals surface area contributed by atoms with Crippen LogP contribution in [0.15, 0.2) is 12.7 Å². The molecule has 2 aromatic rings. The van der Waals surface area contributed by atoms with Crippen molar-refractivity contribution in [3.63, 3.8) is 0 Å². The third-order valence-corrected chi connectivity index (χ3v) is 3.73. The first-order chi connectivity index (χ1) is 5.83. The monoisotopic (exact) mass is 312 g/mol. The van der Waals surface area contributed by atoms with Crippen molar-refractivity contribution >= 4 is 51.2 Å². The molecule has 0 saturated carbocycles. The Balaban J connectivity index is 2.80. The minimum absolute atomic E-state index is 0.411. The van der Waals surface area contributed by atoms with Gasteiger partial charge in [-0.3, -0.25) is 4.34 Å². The van der Waals surface area contributed by atoms with Gasteiger partial charge >= 0.3 is 0 Å². The van der Waals surface area contributed by atoms with Gasteiger partial charge in [0, 0.05) is 0 Å². The Hall–Kier alpha value is -0.000000000000000222. The third kappa shape index (κ3) is 1.30. The van der Waals surface area contributed by atoms with Crippen molar-refractivity contribution in [3.05, 3.63) is 17.8 Å². The fraction of sp³-hybridized carbons (Fsp3) is 0. The van der Waals surface area contributed by atoms with Crippen molar-refractivity contribution in [3.8, 4) is 0 Å².